The standard InChI is InChI=1S/C20H23N11O7/c21-19-26-14-10(16(33)28-19)23-4-30(14)9-1-6-7(36-9)2-25-38-13-8(3-35-6)37-18(12(13)32)31-5-24-11-15(31)27-20(22)29-17(11)34/h4-9,12-13,18,25,32H,1-3H2,(H3,21,26,28,33)(H3,22,27,29,34)/t6-,7+,8+,9+,12+,13+,18+/m0/s1. The fraction of sp³-hybridized carbons (Fsp3) is 0.500. The normalized spacial score (nSPS) is 31.7. The topological polar surface area (TPSA) is 248 Å². The SMILES string of the molecule is Nc1nc2c(ncn2[C@@H]2O[C@@H]3CO[C@H]4C[C@H](n5cnc6c(=O)[nH]c(N)nc65)O[C@@H]4CNO[C@H]3[C@H]2O)c(=O)[nH]1. The quantitative estimate of drug-likeness (QED) is 0.154. The molecule has 18 nitrogen and oxygen atoms in total. The lowest BCUT2D eigenvalue weighted by atomic mass is 10.1. The van der Waals surface area contributed by atoms with Gasteiger partial charge in [-0.05, 0) is 0 Å². The van der Waals surface area contributed by atoms with Crippen molar-refractivity contribution < 1.29 is 24.2 Å². The van der Waals surface area contributed by atoms with Gasteiger partial charge in [0.1, 0.15) is 30.6 Å². The third-order valence-electron chi connectivity index (χ3n) is 6.95. The molecule has 0 radical (unpaired) electrons. The number of rotatable bonds is 2. The number of aromatic nitrogens is 8. The Labute approximate surface area is 210 Å². The Morgan fingerprint density at radius 3 is 2.29 bits per heavy atom. The molecule has 0 unspecified atom stereocenters. The molecule has 0 aliphatic carbocycles. The van der Waals surface area contributed by atoms with Crippen LogP contribution in [0.4, 0.5) is 11.9 Å². The van der Waals surface area contributed by atoms with Crippen molar-refractivity contribution in [1.82, 2.24) is 44.5 Å². The van der Waals surface area contributed by atoms with Gasteiger partial charge in [0, 0.05) is 13.0 Å². The first kappa shape index (κ1) is 23.2. The number of aliphatic hydroxyl groups excluding tert-OH is 1. The lowest BCUT2D eigenvalue weighted by Gasteiger charge is -2.20. The Balaban J connectivity index is 1.11. The minimum Gasteiger partial charge on any atom is -0.385 e. The molecule has 18 heteroatoms. The highest BCUT2D eigenvalue weighted by Crippen LogP contribution is 2.36. The Bertz CT molecular complexity index is 1650. The van der Waals surface area contributed by atoms with E-state index in [0.717, 1.165) is 0 Å². The van der Waals surface area contributed by atoms with Gasteiger partial charge in [-0.15, -0.1) is 0 Å². The molecule has 3 aliphatic rings. The van der Waals surface area contributed by atoms with Crippen molar-refractivity contribution in [3.63, 3.8) is 0 Å². The lowest BCUT2D eigenvalue weighted by Crippen LogP contribution is -2.41. The molecular weight excluding hydrogens is 506 g/mol. The van der Waals surface area contributed by atoms with Crippen molar-refractivity contribution >= 4 is 34.2 Å². The molecule has 3 fully saturated rings. The third kappa shape index (κ3) is 3.57. The molecule has 4 aromatic heterocycles. The summed E-state index contributed by atoms with van der Waals surface area (Å²) in [5.41, 5.74) is 14.0. The number of nitrogens with one attached hydrogen (secondary N) is 3. The highest BCUT2D eigenvalue weighted by molar-refractivity contribution is 5.71. The Kier molecular flexibility index (Phi) is 5.22. The number of H-pyrrole nitrogens is 2. The number of imidazole rings is 2. The molecule has 0 amide bonds. The van der Waals surface area contributed by atoms with Crippen molar-refractivity contribution in [3.8, 4) is 0 Å². The van der Waals surface area contributed by atoms with Crippen molar-refractivity contribution in [3.05, 3.63) is 33.4 Å². The summed E-state index contributed by atoms with van der Waals surface area (Å²) in [6.45, 7) is 0.321. The average molecular weight is 529 g/mol. The van der Waals surface area contributed by atoms with E-state index in [1.54, 1.807) is 4.57 Å². The molecule has 3 aliphatic heterocycles. The molecule has 38 heavy (non-hydrogen) atoms. The van der Waals surface area contributed by atoms with E-state index in [1.807, 2.05) is 0 Å². The van der Waals surface area contributed by atoms with E-state index in [9.17, 15) is 14.7 Å². The third-order valence-corrected chi connectivity index (χ3v) is 6.95. The summed E-state index contributed by atoms with van der Waals surface area (Å²) >= 11 is 0. The molecule has 7 atom stereocenters. The van der Waals surface area contributed by atoms with Crippen molar-refractivity contribution in [1.29, 1.82) is 0 Å². The maximum absolute atomic E-state index is 12.2. The van der Waals surface area contributed by atoms with Gasteiger partial charge in [-0.1, -0.05) is 0 Å². The molecule has 4 aromatic rings. The summed E-state index contributed by atoms with van der Waals surface area (Å²) < 4.78 is 21.6. The molecule has 0 aromatic carbocycles. The number of nitrogen functional groups attached to an aromatic ring is 2. The summed E-state index contributed by atoms with van der Waals surface area (Å²) in [5, 5.41) is 11.1. The molecule has 200 valence electrons. The summed E-state index contributed by atoms with van der Waals surface area (Å²) in [6, 6.07) is 0. The first-order valence-corrected chi connectivity index (χ1v) is 11.8. The van der Waals surface area contributed by atoms with E-state index in [0.29, 0.717) is 12.1 Å². The van der Waals surface area contributed by atoms with E-state index < -0.39 is 48.0 Å². The van der Waals surface area contributed by atoms with Crippen LogP contribution in [0, 0.1) is 0 Å². The smallest absolute Gasteiger partial charge is 0.280 e. The van der Waals surface area contributed by atoms with E-state index in [2.05, 4.69) is 35.4 Å². The van der Waals surface area contributed by atoms with E-state index in [-0.39, 0.29) is 47.8 Å². The van der Waals surface area contributed by atoms with Crippen LogP contribution < -0.4 is 28.1 Å². The van der Waals surface area contributed by atoms with Crippen LogP contribution in [0.15, 0.2) is 22.2 Å². The molecular formula is C20H23N11O7. The Morgan fingerprint density at radius 2 is 1.58 bits per heavy atom. The fourth-order valence-corrected chi connectivity index (χ4v) is 5.19. The molecule has 7 heterocycles. The van der Waals surface area contributed by atoms with Crippen LogP contribution in [0.3, 0.4) is 0 Å². The lowest BCUT2D eigenvalue weighted by molar-refractivity contribution is -0.103. The Hall–Kier alpha value is -3.94. The van der Waals surface area contributed by atoms with Crippen LogP contribution in [0.1, 0.15) is 18.9 Å². The number of aromatic amines is 2. The van der Waals surface area contributed by atoms with Gasteiger partial charge >= 0.3 is 0 Å². The van der Waals surface area contributed by atoms with Crippen molar-refractivity contribution in [2.75, 3.05) is 24.6 Å². The van der Waals surface area contributed by atoms with Gasteiger partial charge in [0.05, 0.1) is 25.4 Å². The van der Waals surface area contributed by atoms with E-state index in [1.165, 1.54) is 17.2 Å². The molecule has 8 N–H and O–H groups in total. The van der Waals surface area contributed by atoms with Gasteiger partial charge in [0.2, 0.25) is 11.9 Å². The van der Waals surface area contributed by atoms with Gasteiger partial charge in [-0.2, -0.15) is 15.4 Å². The van der Waals surface area contributed by atoms with Crippen molar-refractivity contribution in [2.45, 2.75) is 49.4 Å². The van der Waals surface area contributed by atoms with Crippen LogP contribution >= 0.6 is 0 Å². The number of ether oxygens (including phenoxy) is 3. The molecule has 0 saturated carbocycles. The molecule has 3 saturated heterocycles. The highest BCUT2D eigenvalue weighted by Gasteiger charge is 2.49. The predicted octanol–water partition coefficient (Wildman–Crippen LogP) is -2.75. The number of hydroxylamine groups is 1. The van der Waals surface area contributed by atoms with Gasteiger partial charge in [-0.3, -0.25) is 33.5 Å². The molecule has 7 rings (SSSR count). The second-order valence-corrected chi connectivity index (χ2v) is 9.27. The maximum Gasteiger partial charge on any atom is 0.280 e. The van der Waals surface area contributed by atoms with Crippen LogP contribution in [0.2, 0.25) is 0 Å². The first-order chi connectivity index (χ1) is 18.4. The average Bonchev–Trinajstić information content (AvgIpc) is 3.63. The summed E-state index contributed by atoms with van der Waals surface area (Å²) in [6.07, 6.45) is -1.63. The summed E-state index contributed by atoms with van der Waals surface area (Å²) in [5.74, 6) is -0.114. The van der Waals surface area contributed by atoms with Crippen LogP contribution in [0.5, 0.6) is 0 Å². The largest absolute Gasteiger partial charge is 0.385 e. The number of nitrogens with zero attached hydrogens (tertiary/aromatic N) is 6. The minimum atomic E-state index is -1.14. The minimum absolute atomic E-state index is 0.0261. The zero-order valence-corrected chi connectivity index (χ0v) is 19.6. The predicted molar refractivity (Wildman–Crippen MR) is 126 cm³/mol. The number of nitrogens with two attached hydrogens (primary N) is 2. The van der Waals surface area contributed by atoms with E-state index in [4.69, 9.17) is 30.5 Å². The van der Waals surface area contributed by atoms with Crippen LogP contribution in [-0.4, -0.2) is 87.8 Å². The number of fused-ring (bicyclic) bond motifs is 4. The monoisotopic (exact) mass is 529 g/mol. The summed E-state index contributed by atoms with van der Waals surface area (Å²) in [7, 11) is 0. The highest BCUT2D eigenvalue weighted by atomic mass is 16.7. The van der Waals surface area contributed by atoms with Gasteiger partial charge < -0.3 is 30.8 Å². The number of aliphatic hydroxyl groups is 1. The second kappa shape index (κ2) is 8.55. The Morgan fingerprint density at radius 1 is 0.921 bits per heavy atom. The van der Waals surface area contributed by atoms with Gasteiger partial charge in [0.15, 0.2) is 28.6 Å². The number of hydrogen-bond donors (Lipinski definition) is 6. The number of anilines is 2. The fourth-order valence-electron chi connectivity index (χ4n) is 5.19. The summed E-state index contributed by atoms with van der Waals surface area (Å²) in [4.78, 5) is 51.5. The maximum atomic E-state index is 12.2. The van der Waals surface area contributed by atoms with E-state index >= 15 is 0 Å². The number of hydrogen-bond acceptors (Lipinski definition) is 14. The molecule has 0 bridgehead atoms. The zero-order valence-electron chi connectivity index (χ0n) is 19.6. The van der Waals surface area contributed by atoms with Gasteiger partial charge in [-0.25, -0.2) is 9.97 Å². The van der Waals surface area contributed by atoms with Crippen molar-refractivity contribution in [2.24, 2.45) is 0 Å². The second-order valence-electron chi connectivity index (χ2n) is 9.27. The van der Waals surface area contributed by atoms with Gasteiger partial charge in [0.25, 0.3) is 11.1 Å². The molecule has 0 spiro atoms. The zero-order chi connectivity index (χ0) is 26.1. The van der Waals surface area contributed by atoms with Crippen LogP contribution in [0.25, 0.3) is 22.3 Å². The van der Waals surface area contributed by atoms with Crippen LogP contribution in [-0.2, 0) is 19.0 Å². The first-order valence-electron chi connectivity index (χ1n) is 11.8.